The number of nitrogens with zero attached hydrogens (tertiary/aromatic N) is 3. The summed E-state index contributed by atoms with van der Waals surface area (Å²) in [4.78, 5) is 9.86. The van der Waals surface area contributed by atoms with Gasteiger partial charge in [-0.2, -0.15) is 0 Å². The van der Waals surface area contributed by atoms with Crippen LogP contribution in [0.4, 0.5) is 0 Å². The maximum Gasteiger partial charge on any atom is 0.191 e. The smallest absolute Gasteiger partial charge is 0.191 e. The minimum Gasteiger partial charge on any atom is -0.381 e. The molecule has 0 bridgehead atoms. The Bertz CT molecular complexity index is 668. The molecule has 174 valence electrons. The van der Waals surface area contributed by atoms with E-state index in [0.29, 0.717) is 6.04 Å². The minimum atomic E-state index is 0. The highest BCUT2D eigenvalue weighted by Gasteiger charge is 2.39. The number of likely N-dealkylation sites (tertiary alicyclic amines) is 2. The van der Waals surface area contributed by atoms with Crippen molar-refractivity contribution in [3.8, 4) is 0 Å². The third kappa shape index (κ3) is 6.33. The van der Waals surface area contributed by atoms with Crippen molar-refractivity contribution in [2.24, 2.45) is 4.99 Å². The molecule has 7 heteroatoms. The van der Waals surface area contributed by atoms with Crippen LogP contribution in [0.2, 0.25) is 0 Å². The summed E-state index contributed by atoms with van der Waals surface area (Å²) in [6, 6.07) is 11.3. The van der Waals surface area contributed by atoms with Gasteiger partial charge in [0, 0.05) is 38.9 Å². The van der Waals surface area contributed by atoms with Crippen LogP contribution < -0.4 is 10.6 Å². The zero-order valence-electron chi connectivity index (χ0n) is 19.0. The topological polar surface area (TPSA) is 52.1 Å². The van der Waals surface area contributed by atoms with Crippen LogP contribution in [0.25, 0.3) is 0 Å². The molecule has 3 aliphatic rings. The molecule has 3 aliphatic heterocycles. The van der Waals surface area contributed by atoms with E-state index in [-0.39, 0.29) is 29.5 Å². The molecule has 3 heterocycles. The Morgan fingerprint density at radius 2 is 1.65 bits per heavy atom. The predicted molar refractivity (Wildman–Crippen MR) is 138 cm³/mol. The standard InChI is InChI=1S/C24H39N5O.HI/c1-25-23(27-20-24(11-17-30-18-12-24)29-15-7-8-16-29)26-19-22(28-13-5-6-14-28)21-9-3-2-4-10-21;/h2-4,9-10,22H,5-8,11-20H2,1H3,(H2,25,26,27);1H. The predicted octanol–water partition coefficient (Wildman–Crippen LogP) is 3.25. The van der Waals surface area contributed by atoms with E-state index in [1.54, 1.807) is 0 Å². The summed E-state index contributed by atoms with van der Waals surface area (Å²) >= 11 is 0. The summed E-state index contributed by atoms with van der Waals surface area (Å²) < 4.78 is 5.70. The van der Waals surface area contributed by atoms with Crippen LogP contribution in [0.1, 0.15) is 50.1 Å². The van der Waals surface area contributed by atoms with E-state index >= 15 is 0 Å². The van der Waals surface area contributed by atoms with Crippen LogP contribution in [0.3, 0.4) is 0 Å². The lowest BCUT2D eigenvalue weighted by molar-refractivity contribution is -0.0164. The van der Waals surface area contributed by atoms with Gasteiger partial charge >= 0.3 is 0 Å². The normalized spacial score (nSPS) is 23.3. The molecule has 4 rings (SSSR count). The summed E-state index contributed by atoms with van der Waals surface area (Å²) in [6.07, 6.45) is 7.47. The number of halogens is 1. The van der Waals surface area contributed by atoms with Gasteiger partial charge in [-0.25, -0.2) is 0 Å². The van der Waals surface area contributed by atoms with E-state index < -0.39 is 0 Å². The first kappa shape index (κ1) is 24.7. The molecule has 0 spiro atoms. The van der Waals surface area contributed by atoms with Gasteiger partial charge in [0.25, 0.3) is 0 Å². The summed E-state index contributed by atoms with van der Waals surface area (Å²) in [6.45, 7) is 8.37. The van der Waals surface area contributed by atoms with E-state index in [9.17, 15) is 0 Å². The summed E-state index contributed by atoms with van der Waals surface area (Å²) in [5.74, 6) is 0.917. The van der Waals surface area contributed by atoms with Crippen molar-refractivity contribution < 1.29 is 4.74 Å². The van der Waals surface area contributed by atoms with E-state index in [2.05, 4.69) is 55.8 Å². The molecule has 3 saturated heterocycles. The monoisotopic (exact) mass is 541 g/mol. The number of rotatable bonds is 7. The third-order valence-corrected chi connectivity index (χ3v) is 7.24. The van der Waals surface area contributed by atoms with Gasteiger partial charge in [-0.1, -0.05) is 30.3 Å². The minimum absolute atomic E-state index is 0. The number of hydrogen-bond acceptors (Lipinski definition) is 4. The number of nitrogens with one attached hydrogen (secondary N) is 2. The van der Waals surface area contributed by atoms with Gasteiger partial charge in [0.05, 0.1) is 6.04 Å². The molecule has 2 N–H and O–H groups in total. The van der Waals surface area contributed by atoms with Gasteiger partial charge in [0.2, 0.25) is 0 Å². The fraction of sp³-hybridized carbons (Fsp3) is 0.708. The van der Waals surface area contributed by atoms with E-state index in [4.69, 9.17) is 4.74 Å². The Hall–Kier alpha value is -0.900. The second-order valence-electron chi connectivity index (χ2n) is 9.01. The molecule has 31 heavy (non-hydrogen) atoms. The van der Waals surface area contributed by atoms with Crippen LogP contribution in [-0.4, -0.2) is 80.8 Å². The van der Waals surface area contributed by atoms with Gasteiger partial charge in [0.15, 0.2) is 5.96 Å². The van der Waals surface area contributed by atoms with Crippen LogP contribution in [-0.2, 0) is 4.74 Å². The number of ether oxygens (including phenoxy) is 1. The van der Waals surface area contributed by atoms with Crippen LogP contribution >= 0.6 is 24.0 Å². The quantitative estimate of drug-likeness (QED) is 0.316. The van der Waals surface area contributed by atoms with Crippen molar-refractivity contribution in [3.05, 3.63) is 35.9 Å². The molecule has 0 saturated carbocycles. The number of hydrogen-bond donors (Lipinski definition) is 2. The molecule has 0 aromatic heterocycles. The number of benzene rings is 1. The van der Waals surface area contributed by atoms with E-state index in [1.807, 2.05) is 7.05 Å². The highest BCUT2D eigenvalue weighted by atomic mass is 127. The SMILES string of the molecule is CN=C(NCC(c1ccccc1)N1CCCC1)NCC1(N2CCCC2)CCOCC1.I. The fourth-order valence-corrected chi connectivity index (χ4v) is 5.40. The van der Waals surface area contributed by atoms with Crippen molar-refractivity contribution in [3.63, 3.8) is 0 Å². The lowest BCUT2D eigenvalue weighted by Crippen LogP contribution is -2.58. The number of guanidine groups is 1. The molecular formula is C24H40IN5O. The summed E-state index contributed by atoms with van der Waals surface area (Å²) in [5.41, 5.74) is 1.60. The highest BCUT2D eigenvalue weighted by Crippen LogP contribution is 2.31. The molecule has 1 aromatic rings. The number of aliphatic imine (C=N–C) groups is 1. The van der Waals surface area contributed by atoms with Crippen molar-refractivity contribution in [2.75, 3.05) is 59.5 Å². The first-order valence-electron chi connectivity index (χ1n) is 11.9. The molecule has 0 aliphatic carbocycles. The molecule has 1 unspecified atom stereocenters. The van der Waals surface area contributed by atoms with Crippen molar-refractivity contribution in [1.82, 2.24) is 20.4 Å². The van der Waals surface area contributed by atoms with Crippen molar-refractivity contribution in [2.45, 2.75) is 50.1 Å². The molecule has 0 radical (unpaired) electrons. The Morgan fingerprint density at radius 3 is 2.29 bits per heavy atom. The highest BCUT2D eigenvalue weighted by molar-refractivity contribution is 14.0. The van der Waals surface area contributed by atoms with Gasteiger partial charge < -0.3 is 15.4 Å². The van der Waals surface area contributed by atoms with Gasteiger partial charge in [-0.15, -0.1) is 24.0 Å². The van der Waals surface area contributed by atoms with Crippen LogP contribution in [0.15, 0.2) is 35.3 Å². The Balaban J connectivity index is 0.00000272. The zero-order valence-corrected chi connectivity index (χ0v) is 21.4. The molecule has 3 fully saturated rings. The van der Waals surface area contributed by atoms with Crippen molar-refractivity contribution >= 4 is 29.9 Å². The Morgan fingerprint density at radius 1 is 1.00 bits per heavy atom. The summed E-state index contributed by atoms with van der Waals surface area (Å²) in [5, 5.41) is 7.32. The van der Waals surface area contributed by atoms with E-state index in [0.717, 1.165) is 45.1 Å². The largest absolute Gasteiger partial charge is 0.381 e. The first-order valence-corrected chi connectivity index (χ1v) is 11.9. The average molecular weight is 542 g/mol. The molecule has 0 amide bonds. The lowest BCUT2D eigenvalue weighted by Gasteiger charge is -2.45. The Labute approximate surface area is 205 Å². The zero-order chi connectivity index (χ0) is 20.7. The van der Waals surface area contributed by atoms with Crippen LogP contribution in [0, 0.1) is 0 Å². The fourth-order valence-electron chi connectivity index (χ4n) is 5.40. The van der Waals surface area contributed by atoms with Gasteiger partial charge in [-0.3, -0.25) is 14.8 Å². The Kier molecular flexibility index (Phi) is 9.87. The molecule has 1 aromatic carbocycles. The van der Waals surface area contributed by atoms with Gasteiger partial charge in [-0.05, 0) is 70.3 Å². The summed E-state index contributed by atoms with van der Waals surface area (Å²) in [7, 11) is 1.88. The van der Waals surface area contributed by atoms with Crippen LogP contribution in [0.5, 0.6) is 0 Å². The second kappa shape index (κ2) is 12.4. The first-order chi connectivity index (χ1) is 14.8. The maximum absolute atomic E-state index is 5.70. The molecule has 1 atom stereocenters. The van der Waals surface area contributed by atoms with E-state index in [1.165, 1.54) is 57.4 Å². The second-order valence-corrected chi connectivity index (χ2v) is 9.01. The van der Waals surface area contributed by atoms with Crippen molar-refractivity contribution in [1.29, 1.82) is 0 Å². The maximum atomic E-state index is 5.70. The molecule has 6 nitrogen and oxygen atoms in total. The third-order valence-electron chi connectivity index (χ3n) is 7.24. The lowest BCUT2D eigenvalue weighted by atomic mass is 9.88. The molecular weight excluding hydrogens is 501 g/mol. The van der Waals surface area contributed by atoms with Gasteiger partial charge in [0.1, 0.15) is 0 Å². The average Bonchev–Trinajstić information content (AvgIpc) is 3.52.